The van der Waals surface area contributed by atoms with Crippen LogP contribution in [0.3, 0.4) is 0 Å². The van der Waals surface area contributed by atoms with Crippen LogP contribution in [0, 0.1) is 13.8 Å². The molecule has 1 aliphatic heterocycles. The molecule has 0 aromatic heterocycles. The summed E-state index contributed by atoms with van der Waals surface area (Å²) >= 11 is 0. The lowest BCUT2D eigenvalue weighted by molar-refractivity contribution is 0.0947. The fraction of sp³-hybridized carbons (Fsp3) is 0.211. The summed E-state index contributed by atoms with van der Waals surface area (Å²) < 4.78 is 22.7. The van der Waals surface area contributed by atoms with Gasteiger partial charge in [0.15, 0.2) is 9.84 Å². The van der Waals surface area contributed by atoms with E-state index in [1.165, 1.54) is 17.2 Å². The van der Waals surface area contributed by atoms with Crippen molar-refractivity contribution in [2.24, 2.45) is 0 Å². The van der Waals surface area contributed by atoms with Crippen molar-refractivity contribution >= 4 is 15.7 Å². The highest BCUT2D eigenvalue weighted by Crippen LogP contribution is 2.22. The van der Waals surface area contributed by atoms with Gasteiger partial charge in [-0.15, -0.1) is 0 Å². The standard InChI is InChI=1S/C19H19NO3S/c1-13-3-4-17(11-14(13)2)15-5-7-16(8-6-15)19(21)20-18-9-10-24(22,23)12-18/h3-11,18H,12H2,1-2H3,(H,20,21). The molecule has 1 unspecified atom stereocenters. The highest BCUT2D eigenvalue weighted by atomic mass is 32.2. The third-order valence-electron chi connectivity index (χ3n) is 4.23. The predicted octanol–water partition coefficient (Wildman–Crippen LogP) is 3.01. The van der Waals surface area contributed by atoms with Gasteiger partial charge in [-0.25, -0.2) is 8.42 Å². The number of carbonyl (C=O) groups is 1. The third-order valence-corrected chi connectivity index (χ3v) is 5.63. The van der Waals surface area contributed by atoms with Crippen LogP contribution in [-0.2, 0) is 9.84 Å². The molecule has 0 radical (unpaired) electrons. The topological polar surface area (TPSA) is 63.2 Å². The Kier molecular flexibility index (Phi) is 4.28. The van der Waals surface area contributed by atoms with Crippen molar-refractivity contribution < 1.29 is 13.2 Å². The van der Waals surface area contributed by atoms with Crippen molar-refractivity contribution in [2.75, 3.05) is 5.75 Å². The average molecular weight is 341 g/mol. The molecular weight excluding hydrogens is 322 g/mol. The molecular formula is C19H19NO3S. The number of amides is 1. The second-order valence-electron chi connectivity index (χ2n) is 6.11. The summed E-state index contributed by atoms with van der Waals surface area (Å²) in [6.45, 7) is 4.15. The monoisotopic (exact) mass is 341 g/mol. The van der Waals surface area contributed by atoms with Crippen molar-refractivity contribution in [3.63, 3.8) is 0 Å². The highest BCUT2D eigenvalue weighted by molar-refractivity contribution is 7.94. The maximum atomic E-state index is 12.2. The molecule has 3 rings (SSSR count). The zero-order valence-corrected chi connectivity index (χ0v) is 14.4. The van der Waals surface area contributed by atoms with Crippen LogP contribution >= 0.6 is 0 Å². The highest BCUT2D eigenvalue weighted by Gasteiger charge is 2.23. The molecule has 0 bridgehead atoms. The van der Waals surface area contributed by atoms with Gasteiger partial charge in [-0.3, -0.25) is 4.79 Å². The Hall–Kier alpha value is -2.40. The number of carbonyl (C=O) groups excluding carboxylic acids is 1. The second-order valence-corrected chi connectivity index (χ2v) is 8.05. The summed E-state index contributed by atoms with van der Waals surface area (Å²) in [6.07, 6.45) is 1.51. The Morgan fingerprint density at radius 3 is 2.25 bits per heavy atom. The fourth-order valence-corrected chi connectivity index (χ4v) is 3.89. The van der Waals surface area contributed by atoms with Crippen molar-refractivity contribution in [2.45, 2.75) is 19.9 Å². The van der Waals surface area contributed by atoms with E-state index in [0.29, 0.717) is 5.56 Å². The Morgan fingerprint density at radius 1 is 1.00 bits per heavy atom. The SMILES string of the molecule is Cc1ccc(-c2ccc(C(=O)NC3C=CS(=O)(=O)C3)cc2)cc1C. The first kappa shape index (κ1) is 16.5. The van der Waals surface area contributed by atoms with Gasteiger partial charge < -0.3 is 5.32 Å². The predicted molar refractivity (Wildman–Crippen MR) is 95.5 cm³/mol. The molecule has 0 aliphatic carbocycles. The molecule has 1 amide bonds. The first-order valence-corrected chi connectivity index (χ1v) is 9.45. The lowest BCUT2D eigenvalue weighted by atomic mass is 9.99. The Labute approximate surface area is 142 Å². The van der Waals surface area contributed by atoms with Crippen LogP contribution in [-0.4, -0.2) is 26.1 Å². The molecule has 0 saturated heterocycles. The van der Waals surface area contributed by atoms with Crippen LogP contribution in [0.4, 0.5) is 0 Å². The Morgan fingerprint density at radius 2 is 1.67 bits per heavy atom. The van der Waals surface area contributed by atoms with E-state index in [-0.39, 0.29) is 11.7 Å². The van der Waals surface area contributed by atoms with Gasteiger partial charge in [0.05, 0.1) is 11.8 Å². The van der Waals surface area contributed by atoms with Gasteiger partial charge in [0.25, 0.3) is 5.91 Å². The number of rotatable bonds is 3. The van der Waals surface area contributed by atoms with Gasteiger partial charge in [0, 0.05) is 11.0 Å². The van der Waals surface area contributed by atoms with E-state index in [2.05, 4.69) is 37.4 Å². The van der Waals surface area contributed by atoms with Gasteiger partial charge in [-0.05, 0) is 54.3 Å². The lowest BCUT2D eigenvalue weighted by Crippen LogP contribution is -2.35. The van der Waals surface area contributed by atoms with Crippen molar-refractivity contribution in [3.05, 3.63) is 70.6 Å². The van der Waals surface area contributed by atoms with E-state index in [9.17, 15) is 13.2 Å². The number of hydrogen-bond acceptors (Lipinski definition) is 3. The largest absolute Gasteiger partial charge is 0.345 e. The molecule has 124 valence electrons. The molecule has 1 aliphatic rings. The number of aryl methyl sites for hydroxylation is 2. The lowest BCUT2D eigenvalue weighted by Gasteiger charge is -2.11. The average Bonchev–Trinajstić information content (AvgIpc) is 2.89. The summed E-state index contributed by atoms with van der Waals surface area (Å²) in [5.41, 5.74) is 5.13. The molecule has 0 saturated carbocycles. The van der Waals surface area contributed by atoms with E-state index >= 15 is 0 Å². The summed E-state index contributed by atoms with van der Waals surface area (Å²) in [5, 5.41) is 3.88. The van der Waals surface area contributed by atoms with Crippen LogP contribution in [0.25, 0.3) is 11.1 Å². The minimum atomic E-state index is -3.17. The summed E-state index contributed by atoms with van der Waals surface area (Å²) in [5.74, 6) is -0.340. The molecule has 0 fully saturated rings. The summed E-state index contributed by atoms with van der Waals surface area (Å²) in [6, 6.07) is 13.1. The minimum Gasteiger partial charge on any atom is -0.345 e. The van der Waals surface area contributed by atoms with Crippen LogP contribution in [0.5, 0.6) is 0 Å². The molecule has 1 atom stereocenters. The van der Waals surface area contributed by atoms with Crippen LogP contribution < -0.4 is 5.32 Å². The zero-order chi connectivity index (χ0) is 17.3. The van der Waals surface area contributed by atoms with Crippen molar-refractivity contribution in [3.8, 4) is 11.1 Å². The minimum absolute atomic E-state index is 0.0700. The Bertz CT molecular complexity index is 912. The second kappa shape index (κ2) is 6.24. The van der Waals surface area contributed by atoms with Crippen LogP contribution in [0.15, 0.2) is 53.9 Å². The first-order chi connectivity index (χ1) is 11.3. The molecule has 1 heterocycles. The molecule has 5 heteroatoms. The van der Waals surface area contributed by atoms with Gasteiger partial charge in [0.1, 0.15) is 0 Å². The first-order valence-electron chi connectivity index (χ1n) is 7.73. The fourth-order valence-electron chi connectivity index (χ4n) is 2.65. The molecule has 2 aromatic rings. The van der Waals surface area contributed by atoms with E-state index in [1.54, 1.807) is 12.1 Å². The van der Waals surface area contributed by atoms with E-state index < -0.39 is 15.9 Å². The normalized spacial score (nSPS) is 18.5. The summed E-state index contributed by atoms with van der Waals surface area (Å²) in [7, 11) is -3.17. The quantitative estimate of drug-likeness (QED) is 0.933. The smallest absolute Gasteiger partial charge is 0.251 e. The molecule has 2 aromatic carbocycles. The number of nitrogens with one attached hydrogen (secondary N) is 1. The molecule has 24 heavy (non-hydrogen) atoms. The van der Waals surface area contributed by atoms with Gasteiger partial charge in [-0.2, -0.15) is 0 Å². The van der Waals surface area contributed by atoms with Crippen molar-refractivity contribution in [1.82, 2.24) is 5.32 Å². The van der Waals surface area contributed by atoms with Gasteiger partial charge in [0.2, 0.25) is 0 Å². The van der Waals surface area contributed by atoms with E-state index in [4.69, 9.17) is 0 Å². The molecule has 1 N–H and O–H groups in total. The third kappa shape index (κ3) is 3.57. The van der Waals surface area contributed by atoms with Gasteiger partial charge in [-0.1, -0.05) is 30.3 Å². The molecule has 4 nitrogen and oxygen atoms in total. The van der Waals surface area contributed by atoms with E-state index in [0.717, 1.165) is 16.5 Å². The van der Waals surface area contributed by atoms with Crippen LogP contribution in [0.1, 0.15) is 21.5 Å². The maximum absolute atomic E-state index is 12.2. The Balaban J connectivity index is 1.73. The number of benzene rings is 2. The molecule has 0 spiro atoms. The van der Waals surface area contributed by atoms with Crippen LogP contribution in [0.2, 0.25) is 0 Å². The zero-order valence-electron chi connectivity index (χ0n) is 13.6. The number of hydrogen-bond donors (Lipinski definition) is 1. The summed E-state index contributed by atoms with van der Waals surface area (Å²) in [4.78, 5) is 12.2. The van der Waals surface area contributed by atoms with Crippen molar-refractivity contribution in [1.29, 1.82) is 0 Å². The number of sulfone groups is 1. The maximum Gasteiger partial charge on any atom is 0.251 e. The van der Waals surface area contributed by atoms with E-state index in [1.807, 2.05) is 12.1 Å². The van der Waals surface area contributed by atoms with Gasteiger partial charge >= 0.3 is 0 Å².